The van der Waals surface area contributed by atoms with Crippen LogP contribution >= 0.6 is 11.6 Å². The van der Waals surface area contributed by atoms with Gasteiger partial charge in [-0.15, -0.1) is 0 Å². The van der Waals surface area contributed by atoms with Crippen molar-refractivity contribution in [2.75, 3.05) is 5.73 Å². The van der Waals surface area contributed by atoms with Gasteiger partial charge in [0.1, 0.15) is 5.58 Å². The first-order chi connectivity index (χ1) is 8.70. The first-order valence-electron chi connectivity index (χ1n) is 5.73. The van der Waals surface area contributed by atoms with Crippen molar-refractivity contribution in [3.63, 3.8) is 0 Å². The fourth-order valence-electron chi connectivity index (χ4n) is 2.22. The number of furan rings is 1. The number of allylic oxidation sites excluding steroid dienone is 1. The average molecular weight is 258 g/mol. The summed E-state index contributed by atoms with van der Waals surface area (Å²) in [6.07, 6.45) is 3.90. The van der Waals surface area contributed by atoms with Gasteiger partial charge in [0.05, 0.1) is 0 Å². The number of anilines is 1. The monoisotopic (exact) mass is 257 g/mol. The molecule has 0 aliphatic heterocycles. The van der Waals surface area contributed by atoms with Crippen LogP contribution in [0.5, 0.6) is 0 Å². The number of halogens is 1. The van der Waals surface area contributed by atoms with E-state index in [9.17, 15) is 0 Å². The highest BCUT2D eigenvalue weighted by atomic mass is 35.5. The summed E-state index contributed by atoms with van der Waals surface area (Å²) in [6.45, 7) is 1.95. The molecule has 3 heteroatoms. The number of benzene rings is 2. The molecule has 2 N–H and O–H groups in total. The molecule has 0 saturated heterocycles. The summed E-state index contributed by atoms with van der Waals surface area (Å²) in [4.78, 5) is 0. The van der Waals surface area contributed by atoms with Crippen molar-refractivity contribution in [1.82, 2.24) is 0 Å². The van der Waals surface area contributed by atoms with Crippen molar-refractivity contribution >= 4 is 45.3 Å². The fraction of sp³-hybridized carbons (Fsp3) is 0.0667. The van der Waals surface area contributed by atoms with Gasteiger partial charge in [-0.2, -0.15) is 0 Å². The minimum absolute atomic E-state index is 0.440. The highest BCUT2D eigenvalue weighted by molar-refractivity contribution is 6.31. The maximum atomic E-state index is 6.04. The molecule has 3 aromatic rings. The van der Waals surface area contributed by atoms with E-state index in [0.717, 1.165) is 27.3 Å². The zero-order valence-corrected chi connectivity index (χ0v) is 10.7. The molecule has 0 atom stereocenters. The van der Waals surface area contributed by atoms with Gasteiger partial charge in [0.25, 0.3) is 0 Å². The Kier molecular flexibility index (Phi) is 2.53. The quantitative estimate of drug-likeness (QED) is 0.676. The summed E-state index contributed by atoms with van der Waals surface area (Å²) in [5.41, 5.74) is 7.64. The molecule has 0 fully saturated rings. The summed E-state index contributed by atoms with van der Waals surface area (Å²) in [5, 5.41) is 3.79. The highest BCUT2D eigenvalue weighted by Crippen LogP contribution is 2.35. The number of nitrogens with two attached hydrogens (primary N) is 1. The first-order valence-corrected chi connectivity index (χ1v) is 6.11. The van der Waals surface area contributed by atoms with E-state index in [0.29, 0.717) is 10.9 Å². The summed E-state index contributed by atoms with van der Waals surface area (Å²) in [6, 6.07) is 9.83. The van der Waals surface area contributed by atoms with Crippen molar-refractivity contribution in [1.29, 1.82) is 0 Å². The van der Waals surface area contributed by atoms with Crippen molar-refractivity contribution in [2.45, 2.75) is 6.92 Å². The van der Waals surface area contributed by atoms with Crippen LogP contribution in [0.3, 0.4) is 0 Å². The zero-order chi connectivity index (χ0) is 12.7. The number of fused-ring (bicyclic) bond motifs is 3. The minimum atomic E-state index is 0.440. The van der Waals surface area contributed by atoms with Crippen LogP contribution in [-0.2, 0) is 0 Å². The molecule has 0 saturated carbocycles. The lowest BCUT2D eigenvalue weighted by Crippen LogP contribution is -1.82. The number of nitrogen functional groups attached to an aromatic ring is 1. The van der Waals surface area contributed by atoms with Crippen molar-refractivity contribution < 1.29 is 4.42 Å². The lowest BCUT2D eigenvalue weighted by atomic mass is 10.1. The molecule has 2 nitrogen and oxygen atoms in total. The Morgan fingerprint density at radius 2 is 1.94 bits per heavy atom. The van der Waals surface area contributed by atoms with Gasteiger partial charge in [-0.25, -0.2) is 0 Å². The van der Waals surface area contributed by atoms with E-state index < -0.39 is 0 Å². The van der Waals surface area contributed by atoms with Crippen LogP contribution in [0.25, 0.3) is 27.8 Å². The molecule has 90 valence electrons. The Labute approximate surface area is 110 Å². The van der Waals surface area contributed by atoms with Gasteiger partial charge in [-0.1, -0.05) is 35.9 Å². The molecule has 0 radical (unpaired) electrons. The molecule has 0 aliphatic carbocycles. The molecule has 2 aromatic carbocycles. The Morgan fingerprint density at radius 3 is 2.72 bits per heavy atom. The molecular formula is C15H12ClNO. The molecule has 0 bridgehead atoms. The molecule has 1 aromatic heterocycles. The standard InChI is InChI=1S/C15H12ClNO/c1-2-3-12-11-7-5-9-4-6-10(16)8-13(9)14(11)18-15(12)17/h2-8H,17H2,1H3/b3-2-. The lowest BCUT2D eigenvalue weighted by Gasteiger charge is -1.99. The largest absolute Gasteiger partial charge is 0.440 e. The molecule has 3 rings (SSSR count). The second kappa shape index (κ2) is 4.07. The predicted molar refractivity (Wildman–Crippen MR) is 77.9 cm³/mol. The van der Waals surface area contributed by atoms with Gasteiger partial charge in [0, 0.05) is 21.4 Å². The van der Waals surface area contributed by atoms with Crippen LogP contribution in [0.4, 0.5) is 5.88 Å². The number of hydrogen-bond acceptors (Lipinski definition) is 2. The Morgan fingerprint density at radius 1 is 1.17 bits per heavy atom. The first kappa shape index (κ1) is 11.2. The summed E-state index contributed by atoms with van der Waals surface area (Å²) in [7, 11) is 0. The number of hydrogen-bond donors (Lipinski definition) is 1. The van der Waals surface area contributed by atoms with Crippen LogP contribution in [0, 0.1) is 0 Å². The molecule has 0 aliphatic rings. The molecule has 0 amide bonds. The second-order valence-corrected chi connectivity index (χ2v) is 4.62. The molecule has 0 spiro atoms. The lowest BCUT2D eigenvalue weighted by molar-refractivity contribution is 0.640. The van der Waals surface area contributed by atoms with E-state index in [4.69, 9.17) is 21.8 Å². The fourth-order valence-corrected chi connectivity index (χ4v) is 2.39. The molecule has 1 heterocycles. The van der Waals surface area contributed by atoms with Gasteiger partial charge < -0.3 is 10.2 Å². The summed E-state index contributed by atoms with van der Waals surface area (Å²) >= 11 is 6.04. The summed E-state index contributed by atoms with van der Waals surface area (Å²) < 4.78 is 5.69. The van der Waals surface area contributed by atoms with Gasteiger partial charge >= 0.3 is 0 Å². The minimum Gasteiger partial charge on any atom is -0.440 e. The summed E-state index contributed by atoms with van der Waals surface area (Å²) in [5.74, 6) is 0.440. The van der Waals surface area contributed by atoms with Crippen LogP contribution in [0.15, 0.2) is 40.8 Å². The predicted octanol–water partition coefficient (Wildman–Crippen LogP) is 4.85. The van der Waals surface area contributed by atoms with E-state index in [1.165, 1.54) is 0 Å². The van der Waals surface area contributed by atoms with E-state index in [2.05, 4.69) is 6.07 Å². The normalized spacial score (nSPS) is 11.9. The van der Waals surface area contributed by atoms with Crippen LogP contribution in [-0.4, -0.2) is 0 Å². The topological polar surface area (TPSA) is 39.2 Å². The van der Waals surface area contributed by atoms with Crippen LogP contribution < -0.4 is 5.73 Å². The maximum absolute atomic E-state index is 6.04. The molecule has 18 heavy (non-hydrogen) atoms. The maximum Gasteiger partial charge on any atom is 0.198 e. The SMILES string of the molecule is C/C=C\c1c(N)oc2c1ccc1ccc(Cl)cc12. The van der Waals surface area contributed by atoms with E-state index in [1.54, 1.807) is 0 Å². The van der Waals surface area contributed by atoms with Crippen molar-refractivity contribution in [3.05, 3.63) is 47.0 Å². The second-order valence-electron chi connectivity index (χ2n) is 4.19. The van der Waals surface area contributed by atoms with Gasteiger partial charge in [0.15, 0.2) is 5.88 Å². The van der Waals surface area contributed by atoms with E-state index in [-0.39, 0.29) is 0 Å². The third-order valence-corrected chi connectivity index (χ3v) is 3.27. The van der Waals surface area contributed by atoms with E-state index >= 15 is 0 Å². The van der Waals surface area contributed by atoms with Gasteiger partial charge in [-0.3, -0.25) is 0 Å². The third-order valence-electron chi connectivity index (χ3n) is 3.04. The zero-order valence-electron chi connectivity index (χ0n) is 9.91. The van der Waals surface area contributed by atoms with Crippen molar-refractivity contribution in [2.24, 2.45) is 0 Å². The number of rotatable bonds is 1. The Bertz CT molecular complexity index is 771. The van der Waals surface area contributed by atoms with Gasteiger partial charge in [0.2, 0.25) is 0 Å². The van der Waals surface area contributed by atoms with Crippen LogP contribution in [0.1, 0.15) is 12.5 Å². The molecular weight excluding hydrogens is 246 g/mol. The van der Waals surface area contributed by atoms with Gasteiger partial charge in [-0.05, 0) is 30.5 Å². The Balaban J connectivity index is 2.48. The van der Waals surface area contributed by atoms with Crippen LogP contribution in [0.2, 0.25) is 5.02 Å². The Hall–Kier alpha value is -1.93. The van der Waals surface area contributed by atoms with E-state index in [1.807, 2.05) is 43.3 Å². The molecule has 0 unspecified atom stereocenters. The highest BCUT2D eigenvalue weighted by Gasteiger charge is 2.12. The smallest absolute Gasteiger partial charge is 0.198 e. The third kappa shape index (κ3) is 1.57. The average Bonchev–Trinajstić information content (AvgIpc) is 2.67. The van der Waals surface area contributed by atoms with Crippen molar-refractivity contribution in [3.8, 4) is 0 Å².